The van der Waals surface area contributed by atoms with Crippen LogP contribution in [-0.2, 0) is 106 Å². The summed E-state index contributed by atoms with van der Waals surface area (Å²) in [4.78, 5) is 269. The maximum absolute atomic E-state index is 15.7. The monoisotopic (exact) mass is 1850 g/mol. The van der Waals surface area contributed by atoms with E-state index in [1.54, 1.807) is 41.9 Å². The molecule has 4 aliphatic rings. The summed E-state index contributed by atoms with van der Waals surface area (Å²) in [7, 11) is 2.71. The van der Waals surface area contributed by atoms with Gasteiger partial charge in [-0.3, -0.25) is 86.3 Å². The van der Waals surface area contributed by atoms with Gasteiger partial charge in [0.25, 0.3) is 0 Å². The number of aromatic amines is 1. The predicted molar refractivity (Wildman–Crippen MR) is 476 cm³/mol. The van der Waals surface area contributed by atoms with Crippen LogP contribution in [0.3, 0.4) is 0 Å². The molecule has 4 aliphatic heterocycles. The largest absolute Gasteiger partial charge is 0.508 e. The molecule has 3 aromatic carbocycles. The summed E-state index contributed by atoms with van der Waals surface area (Å²) in [6.07, 6.45) is -1.51. The lowest BCUT2D eigenvalue weighted by Gasteiger charge is -2.36. The lowest BCUT2D eigenvalue weighted by molar-refractivity contribution is -0.149. The van der Waals surface area contributed by atoms with E-state index in [-0.39, 0.29) is 89.6 Å². The molecule has 130 heavy (non-hydrogen) atoms. The maximum atomic E-state index is 15.7. The van der Waals surface area contributed by atoms with Crippen LogP contribution in [0.25, 0.3) is 21.0 Å². The zero-order valence-corrected chi connectivity index (χ0v) is 74.6. The molecule has 15 unspecified atom stereocenters. The van der Waals surface area contributed by atoms with Crippen molar-refractivity contribution in [3.63, 3.8) is 0 Å². The van der Waals surface area contributed by atoms with Crippen molar-refractivity contribution in [1.82, 2.24) is 82.7 Å². The summed E-state index contributed by atoms with van der Waals surface area (Å²) < 4.78 is 0.827. The number of aliphatic hydroxyl groups is 1. The second kappa shape index (κ2) is 48.3. The molecule has 9 rings (SSSR count). The molecule has 0 aliphatic carbocycles. The fraction of sp³-hybridized carbons (Fsp3) is 0.535. The number of fused-ring (bicyclic) bond motifs is 5. The Morgan fingerprint density at radius 3 is 1.66 bits per heavy atom. The standard InChI is InChI=1S/C86H119N21O21S2/c1-5-7-18-63-78(120)100-61(39-89)77(119)102-62(73(115)93-41-70(91)111)44-129-45-71(112)94-57(33-46-23-25-49(108)26-24-46)84(126)105-31-13-20-64(105)79(121)99-59(37-72(113)114)85(127)106-32-14-21-65(106)80(122)101-60(38-88)76(118)96-55(27-28-69(90)110)83(125)107-42-50(109)36-67(107)81(123)97-56(34-47-40-92-53-17-11-9-15-51(47)53)75(117)95-54(29-30-87)74(116)98-58(35-48-43-130-68-22-12-10-16-52(48)68)82(124)104(4)66(19-8-6-2)86(128)103(63)3/h9-12,15-17,22-26,40,43,50,54-67,92,108-109H,5-8,13-14,18-21,27-39,41-42,44-45,87-89H2,1-4H3,(H2,90,110)(H2,91,111)(H,93,115)(H,94,112)(H,95,117)(H,96,118)(H,97,123)(H,98,116)(H,99,121)(H,100,120)(H,101,122)(H,102,119)(H,113,114). The number of thioether (sulfide) groups is 1. The van der Waals surface area contributed by atoms with Gasteiger partial charge in [-0.2, -0.15) is 0 Å². The Hall–Kier alpha value is -12.4. The molecule has 15 atom stereocenters. The Labute approximate surface area is 758 Å². The second-order valence-electron chi connectivity index (χ2n) is 32.8. The number of benzene rings is 3. The highest BCUT2D eigenvalue weighted by molar-refractivity contribution is 8.00. The van der Waals surface area contributed by atoms with Gasteiger partial charge in [-0.25, -0.2) is 0 Å². The number of para-hydroxylation sites is 1. The number of likely N-dealkylation sites (N-methyl/N-ethyl adjacent to an activating group) is 2. The summed E-state index contributed by atoms with van der Waals surface area (Å²) in [6, 6.07) is -2.15. The number of thiophene rings is 1. The summed E-state index contributed by atoms with van der Waals surface area (Å²) in [5, 5.41) is 60.8. The minimum absolute atomic E-state index is 0.00301. The number of H-pyrrole nitrogens is 1. The summed E-state index contributed by atoms with van der Waals surface area (Å²) >= 11 is 2.12. The number of hydrogen-bond acceptors (Lipinski definition) is 25. The third-order valence-electron chi connectivity index (χ3n) is 23.5. The number of nitrogens with one attached hydrogen (secondary N) is 11. The lowest BCUT2D eigenvalue weighted by Crippen LogP contribution is -2.62. The topological polar surface area (TPSA) is 650 Å². The van der Waals surface area contributed by atoms with E-state index in [0.29, 0.717) is 53.3 Å². The lowest BCUT2D eigenvalue weighted by atomic mass is 10.00. The first-order chi connectivity index (χ1) is 62.1. The van der Waals surface area contributed by atoms with E-state index in [1.807, 2.05) is 32.0 Å². The number of hydrogen-bond donors (Lipinski definition) is 19. The molecule has 4 saturated heterocycles. The Balaban J connectivity index is 1.08. The van der Waals surface area contributed by atoms with Crippen LogP contribution in [0.5, 0.6) is 5.75 Å². The Kier molecular flexibility index (Phi) is 37.7. The first kappa shape index (κ1) is 101. The van der Waals surface area contributed by atoms with E-state index < -0.39 is 260 Å². The number of nitrogens with zero attached hydrogens (tertiary/aromatic N) is 5. The molecule has 44 heteroatoms. The van der Waals surface area contributed by atoms with Gasteiger partial charge in [0.05, 0.1) is 24.8 Å². The number of aromatic nitrogens is 1. The van der Waals surface area contributed by atoms with Gasteiger partial charge >= 0.3 is 5.97 Å². The van der Waals surface area contributed by atoms with Crippen molar-refractivity contribution in [2.24, 2.45) is 28.7 Å². The summed E-state index contributed by atoms with van der Waals surface area (Å²) in [6.45, 7) is 0.614. The van der Waals surface area contributed by atoms with Crippen LogP contribution in [0.15, 0.2) is 84.4 Å². The highest BCUT2D eigenvalue weighted by atomic mass is 32.2. The number of aromatic hydroxyl groups is 1. The van der Waals surface area contributed by atoms with Gasteiger partial charge in [0.15, 0.2) is 0 Å². The molecule has 5 aromatic rings. The zero-order chi connectivity index (χ0) is 94.7. The quantitative estimate of drug-likeness (QED) is 0.0279. The van der Waals surface area contributed by atoms with Crippen molar-refractivity contribution in [2.75, 3.05) is 71.4 Å². The molecule has 0 bridgehead atoms. The van der Waals surface area contributed by atoms with Crippen molar-refractivity contribution in [2.45, 2.75) is 220 Å². The average Bonchev–Trinajstić information content (AvgIpc) is 1.28. The van der Waals surface area contributed by atoms with Crippen LogP contribution in [0.1, 0.15) is 127 Å². The SMILES string of the molecule is CCCCC1C(=O)N(C)C(CCCC)C(=O)NC(CN)C(=O)NC(C(=O)NCC(N)=O)CSCC(=O)NC(Cc2ccc(O)cc2)C(=O)N2CCCC2C(=O)NC(CC(=O)O)C(=O)N2CCCC2C(=O)NC(CN)C(=O)NC(CCC(N)=O)C(=O)N2CC(O)CC2C(=O)NC(Cc2c[nH]c3ccccc23)C(=O)NC(CCN)C(=O)NC(Cc2csc3ccccc23)C(=O)N1C. The van der Waals surface area contributed by atoms with E-state index in [1.165, 1.54) is 54.6 Å². The highest BCUT2D eigenvalue weighted by Crippen LogP contribution is 2.30. The van der Waals surface area contributed by atoms with Gasteiger partial charge in [-0.1, -0.05) is 88.1 Å². The molecule has 2 aromatic heterocycles. The van der Waals surface area contributed by atoms with Crippen LogP contribution < -0.4 is 81.8 Å². The molecule has 706 valence electrons. The number of carboxylic acid groups (broad SMARTS) is 1. The van der Waals surface area contributed by atoms with E-state index >= 15 is 28.8 Å². The molecule has 0 spiro atoms. The molecule has 42 nitrogen and oxygen atoms in total. The average molecular weight is 1850 g/mol. The fourth-order valence-corrected chi connectivity index (χ4v) is 18.3. The minimum Gasteiger partial charge on any atom is -0.508 e. The number of aliphatic carboxylic acids is 1. The number of carbonyl (C=O) groups excluding carboxylic acids is 17. The number of primary amides is 2. The number of phenolic OH excluding ortho intramolecular Hbond substituents is 1. The smallest absolute Gasteiger partial charge is 0.305 e. The van der Waals surface area contributed by atoms with Gasteiger partial charge in [-0.15, -0.1) is 23.1 Å². The number of nitrogens with two attached hydrogens (primary N) is 5. The van der Waals surface area contributed by atoms with Crippen molar-refractivity contribution in [3.05, 3.63) is 101 Å². The molecular formula is C86H119N21O21S2. The van der Waals surface area contributed by atoms with Gasteiger partial charge in [0.2, 0.25) is 100 Å². The van der Waals surface area contributed by atoms with Gasteiger partial charge in [-0.05, 0) is 110 Å². The number of aliphatic hydroxyl groups excluding tert-OH is 1. The molecule has 6 heterocycles. The van der Waals surface area contributed by atoms with E-state index in [2.05, 4.69) is 58.2 Å². The van der Waals surface area contributed by atoms with Gasteiger partial charge in [0, 0.05) is 106 Å². The third kappa shape index (κ3) is 27.1. The molecule has 0 radical (unpaired) electrons. The molecule has 0 saturated carbocycles. The van der Waals surface area contributed by atoms with Crippen LogP contribution in [0.4, 0.5) is 0 Å². The highest BCUT2D eigenvalue weighted by Gasteiger charge is 2.47. The molecule has 24 N–H and O–H groups in total. The van der Waals surface area contributed by atoms with Crippen LogP contribution >= 0.6 is 23.1 Å². The Bertz CT molecular complexity index is 4940. The number of carbonyl (C=O) groups is 18. The number of carboxylic acids is 1. The van der Waals surface area contributed by atoms with Crippen molar-refractivity contribution >= 4 is 150 Å². The van der Waals surface area contributed by atoms with Gasteiger partial charge in [0.1, 0.15) is 90.3 Å². The molecule has 17 amide bonds. The normalized spacial score (nSPS) is 25.7. The second-order valence-corrected chi connectivity index (χ2v) is 34.8. The summed E-state index contributed by atoms with van der Waals surface area (Å²) in [5.41, 5.74) is 31.7. The van der Waals surface area contributed by atoms with E-state index in [4.69, 9.17) is 28.7 Å². The predicted octanol–water partition coefficient (Wildman–Crippen LogP) is -4.19. The molecule has 4 fully saturated rings. The first-order valence-corrected chi connectivity index (χ1v) is 45.5. The first-order valence-electron chi connectivity index (χ1n) is 43.5. The fourth-order valence-electron chi connectivity index (χ4n) is 16.5. The van der Waals surface area contributed by atoms with Gasteiger partial charge < -0.3 is 127 Å². The van der Waals surface area contributed by atoms with Crippen molar-refractivity contribution in [1.29, 1.82) is 0 Å². The maximum Gasteiger partial charge on any atom is 0.305 e. The molecular weight excluding hydrogens is 1730 g/mol. The number of amides is 17. The third-order valence-corrected chi connectivity index (χ3v) is 25.5. The van der Waals surface area contributed by atoms with Crippen molar-refractivity contribution < 1.29 is 102 Å². The number of rotatable bonds is 24. The zero-order valence-electron chi connectivity index (χ0n) is 73.0. The van der Waals surface area contributed by atoms with E-state index in [0.717, 1.165) is 41.4 Å². The van der Waals surface area contributed by atoms with Crippen LogP contribution in [0.2, 0.25) is 0 Å². The minimum atomic E-state index is -1.89. The number of phenols is 1. The Morgan fingerprint density at radius 2 is 1.04 bits per heavy atom. The van der Waals surface area contributed by atoms with Crippen molar-refractivity contribution in [3.8, 4) is 5.75 Å². The van der Waals surface area contributed by atoms with Crippen LogP contribution in [0, 0.1) is 0 Å². The summed E-state index contributed by atoms with van der Waals surface area (Å²) in [5.74, 6) is -18.9. The Morgan fingerprint density at radius 1 is 0.515 bits per heavy atom. The van der Waals surface area contributed by atoms with Crippen LogP contribution in [-0.4, -0.2) is 313 Å². The number of unbranched alkanes of at least 4 members (excludes halogenated alkanes) is 2. The van der Waals surface area contributed by atoms with E-state index in [9.17, 15) is 72.9 Å².